The highest BCUT2D eigenvalue weighted by atomic mass is 14.9. The molecule has 3 heteroatoms. The van der Waals surface area contributed by atoms with Crippen LogP contribution in [-0.4, -0.2) is 17.6 Å². The fraction of sp³-hybridized carbons (Fsp3) is 0.500. The molecule has 0 fully saturated rings. The molecule has 0 aliphatic heterocycles. The topological polar surface area (TPSA) is 50.9 Å². The van der Waals surface area contributed by atoms with Gasteiger partial charge in [-0.05, 0) is 25.5 Å². The molecule has 1 rings (SSSR count). The number of pyridine rings is 1. The van der Waals surface area contributed by atoms with Crippen LogP contribution >= 0.6 is 0 Å². The monoisotopic (exact) mass is 179 g/mol. The molecule has 1 aromatic rings. The van der Waals surface area contributed by atoms with E-state index in [9.17, 15) is 0 Å². The van der Waals surface area contributed by atoms with Gasteiger partial charge >= 0.3 is 0 Å². The van der Waals surface area contributed by atoms with Crippen LogP contribution in [0.3, 0.4) is 0 Å². The van der Waals surface area contributed by atoms with Crippen molar-refractivity contribution < 1.29 is 0 Å². The molecule has 0 saturated heterocycles. The van der Waals surface area contributed by atoms with Crippen LogP contribution in [0.4, 0.5) is 0 Å². The fourth-order valence-electron chi connectivity index (χ4n) is 0.978. The van der Waals surface area contributed by atoms with Crippen LogP contribution in [0.1, 0.15) is 18.2 Å². The third kappa shape index (κ3) is 3.53. The number of hydrogen-bond acceptors (Lipinski definition) is 3. The van der Waals surface area contributed by atoms with E-state index in [2.05, 4.69) is 23.3 Å². The molecular weight excluding hydrogens is 162 g/mol. The van der Waals surface area contributed by atoms with Gasteiger partial charge < -0.3 is 11.1 Å². The molecular formula is C10H17N3. The van der Waals surface area contributed by atoms with Crippen molar-refractivity contribution in [1.29, 1.82) is 0 Å². The Labute approximate surface area is 79.4 Å². The van der Waals surface area contributed by atoms with E-state index in [1.807, 2.05) is 19.2 Å². The van der Waals surface area contributed by atoms with E-state index in [1.165, 1.54) is 5.56 Å². The van der Waals surface area contributed by atoms with Crippen LogP contribution in [0, 0.1) is 6.92 Å². The smallest absolute Gasteiger partial charge is 0.0372 e. The summed E-state index contributed by atoms with van der Waals surface area (Å²) in [6.07, 6.45) is 1.89. The second-order valence-electron chi connectivity index (χ2n) is 3.33. The molecule has 13 heavy (non-hydrogen) atoms. The first-order chi connectivity index (χ1) is 6.22. The predicted octanol–water partition coefficient (Wildman–Crippen LogP) is 0.827. The molecule has 0 aromatic carbocycles. The largest absolute Gasteiger partial charge is 0.329 e. The molecule has 0 unspecified atom stereocenters. The predicted molar refractivity (Wildman–Crippen MR) is 54.3 cm³/mol. The van der Waals surface area contributed by atoms with Crippen molar-refractivity contribution in [2.24, 2.45) is 5.73 Å². The maximum absolute atomic E-state index is 5.48. The van der Waals surface area contributed by atoms with Crippen LogP contribution in [0.2, 0.25) is 0 Å². The summed E-state index contributed by atoms with van der Waals surface area (Å²) in [5.41, 5.74) is 7.73. The van der Waals surface area contributed by atoms with Gasteiger partial charge in [-0.3, -0.25) is 4.98 Å². The lowest BCUT2D eigenvalue weighted by Gasteiger charge is -2.10. The Kier molecular flexibility index (Phi) is 3.86. The van der Waals surface area contributed by atoms with Gasteiger partial charge in [-0.1, -0.05) is 6.07 Å². The van der Waals surface area contributed by atoms with Crippen molar-refractivity contribution in [3.05, 3.63) is 29.6 Å². The summed E-state index contributed by atoms with van der Waals surface area (Å²) >= 11 is 0. The lowest BCUT2D eigenvalue weighted by atomic mass is 10.2. The lowest BCUT2D eigenvalue weighted by molar-refractivity contribution is 0.555. The van der Waals surface area contributed by atoms with E-state index in [1.54, 1.807) is 0 Å². The maximum Gasteiger partial charge on any atom is 0.0372 e. The molecule has 1 atom stereocenters. The van der Waals surface area contributed by atoms with Crippen LogP contribution < -0.4 is 11.1 Å². The number of nitrogens with zero attached hydrogens (tertiary/aromatic N) is 1. The van der Waals surface area contributed by atoms with Gasteiger partial charge in [0.15, 0.2) is 0 Å². The number of nitrogens with two attached hydrogens (primary N) is 1. The van der Waals surface area contributed by atoms with Crippen molar-refractivity contribution >= 4 is 0 Å². The molecule has 0 spiro atoms. The van der Waals surface area contributed by atoms with E-state index < -0.39 is 0 Å². The van der Waals surface area contributed by atoms with E-state index in [0.717, 1.165) is 12.2 Å². The average Bonchev–Trinajstić information content (AvgIpc) is 2.16. The van der Waals surface area contributed by atoms with Crippen LogP contribution in [-0.2, 0) is 6.54 Å². The highest BCUT2D eigenvalue weighted by molar-refractivity contribution is 5.12. The van der Waals surface area contributed by atoms with Crippen molar-refractivity contribution in [1.82, 2.24) is 10.3 Å². The maximum atomic E-state index is 5.48. The normalized spacial score (nSPS) is 12.8. The van der Waals surface area contributed by atoms with E-state index >= 15 is 0 Å². The molecule has 1 heterocycles. The van der Waals surface area contributed by atoms with Gasteiger partial charge in [-0.2, -0.15) is 0 Å². The second kappa shape index (κ2) is 4.94. The summed E-state index contributed by atoms with van der Waals surface area (Å²) < 4.78 is 0. The molecule has 3 N–H and O–H groups in total. The van der Waals surface area contributed by atoms with Gasteiger partial charge in [0.25, 0.3) is 0 Å². The summed E-state index contributed by atoms with van der Waals surface area (Å²) in [5, 5.41) is 3.30. The molecule has 0 radical (unpaired) electrons. The zero-order valence-electron chi connectivity index (χ0n) is 8.25. The Hall–Kier alpha value is -0.930. The lowest BCUT2D eigenvalue weighted by Crippen LogP contribution is -2.32. The Morgan fingerprint density at radius 2 is 2.31 bits per heavy atom. The molecule has 0 saturated carbocycles. The summed E-state index contributed by atoms with van der Waals surface area (Å²) in [4.78, 5) is 4.21. The Bertz CT molecular complexity index is 243. The molecule has 1 aromatic heterocycles. The first-order valence-corrected chi connectivity index (χ1v) is 4.57. The number of aryl methyl sites for hydroxylation is 1. The summed E-state index contributed by atoms with van der Waals surface area (Å²) in [5.74, 6) is 0. The Morgan fingerprint density at radius 1 is 1.54 bits per heavy atom. The molecule has 72 valence electrons. The van der Waals surface area contributed by atoms with Crippen molar-refractivity contribution in [2.75, 3.05) is 6.54 Å². The van der Waals surface area contributed by atoms with Gasteiger partial charge in [0.1, 0.15) is 0 Å². The molecule has 0 aliphatic carbocycles. The molecule has 0 bridgehead atoms. The highest BCUT2D eigenvalue weighted by Crippen LogP contribution is 1.98. The summed E-state index contributed by atoms with van der Waals surface area (Å²) in [7, 11) is 0. The molecule has 0 aliphatic rings. The zero-order valence-corrected chi connectivity index (χ0v) is 8.25. The fourth-order valence-corrected chi connectivity index (χ4v) is 0.978. The first kappa shape index (κ1) is 10.2. The van der Waals surface area contributed by atoms with E-state index in [4.69, 9.17) is 5.73 Å². The third-order valence-corrected chi connectivity index (χ3v) is 1.98. The SMILES string of the molecule is Cc1ccc(CN[C@H](C)CN)cn1. The molecule has 3 nitrogen and oxygen atoms in total. The third-order valence-electron chi connectivity index (χ3n) is 1.98. The van der Waals surface area contributed by atoms with Crippen molar-refractivity contribution in [2.45, 2.75) is 26.4 Å². The number of hydrogen-bond donors (Lipinski definition) is 2. The van der Waals surface area contributed by atoms with Crippen LogP contribution in [0.15, 0.2) is 18.3 Å². The summed E-state index contributed by atoms with van der Waals surface area (Å²) in [6.45, 7) is 5.56. The van der Waals surface area contributed by atoms with Crippen molar-refractivity contribution in [3.8, 4) is 0 Å². The zero-order chi connectivity index (χ0) is 9.68. The Morgan fingerprint density at radius 3 is 2.85 bits per heavy atom. The minimum atomic E-state index is 0.362. The molecule has 0 amide bonds. The standard InChI is InChI=1S/C10H17N3/c1-8-3-4-10(6-12-8)7-13-9(2)5-11/h3-4,6,9,13H,5,7,11H2,1-2H3/t9-/m1/s1. The van der Waals surface area contributed by atoms with E-state index in [-0.39, 0.29) is 0 Å². The number of aromatic nitrogens is 1. The van der Waals surface area contributed by atoms with Gasteiger partial charge in [-0.25, -0.2) is 0 Å². The van der Waals surface area contributed by atoms with E-state index in [0.29, 0.717) is 12.6 Å². The van der Waals surface area contributed by atoms with Gasteiger partial charge in [0.2, 0.25) is 0 Å². The first-order valence-electron chi connectivity index (χ1n) is 4.57. The number of rotatable bonds is 4. The van der Waals surface area contributed by atoms with Gasteiger partial charge in [0, 0.05) is 31.0 Å². The highest BCUT2D eigenvalue weighted by Gasteiger charge is 1.97. The van der Waals surface area contributed by atoms with Crippen LogP contribution in [0.5, 0.6) is 0 Å². The van der Waals surface area contributed by atoms with Gasteiger partial charge in [-0.15, -0.1) is 0 Å². The minimum absolute atomic E-state index is 0.362. The minimum Gasteiger partial charge on any atom is -0.329 e. The average molecular weight is 179 g/mol. The van der Waals surface area contributed by atoms with Gasteiger partial charge in [0.05, 0.1) is 0 Å². The Balaban J connectivity index is 2.41. The summed E-state index contributed by atoms with van der Waals surface area (Å²) in [6, 6.07) is 4.46. The van der Waals surface area contributed by atoms with Crippen molar-refractivity contribution in [3.63, 3.8) is 0 Å². The quantitative estimate of drug-likeness (QED) is 0.719. The van der Waals surface area contributed by atoms with Crippen LogP contribution in [0.25, 0.3) is 0 Å². The second-order valence-corrected chi connectivity index (χ2v) is 3.33. The number of nitrogens with one attached hydrogen (secondary N) is 1.